The van der Waals surface area contributed by atoms with Gasteiger partial charge in [0, 0.05) is 0 Å². The highest BCUT2D eigenvalue weighted by Gasteiger charge is 2.15. The third-order valence-corrected chi connectivity index (χ3v) is 4.24. The van der Waals surface area contributed by atoms with Gasteiger partial charge < -0.3 is 0 Å². The van der Waals surface area contributed by atoms with E-state index in [1.54, 1.807) is 13.0 Å². The van der Waals surface area contributed by atoms with E-state index in [2.05, 4.69) is 0 Å². The van der Waals surface area contributed by atoms with E-state index >= 15 is 0 Å². The lowest BCUT2D eigenvalue weighted by molar-refractivity contribution is 0.482. The van der Waals surface area contributed by atoms with Crippen molar-refractivity contribution in [1.82, 2.24) is 0 Å². The molecule has 0 aliphatic rings. The Balaban J connectivity index is 2.23. The molecule has 106 valence electrons. The molecule has 0 bridgehead atoms. The summed E-state index contributed by atoms with van der Waals surface area (Å²) in [7, 11) is -4.17. The highest BCUT2D eigenvalue weighted by molar-refractivity contribution is 7.85. The van der Waals surface area contributed by atoms with Crippen LogP contribution < -0.4 is 0 Å². The average molecular weight is 290 g/mol. The van der Waals surface area contributed by atoms with Crippen molar-refractivity contribution < 1.29 is 13.0 Å². The molecule has 4 heteroatoms. The van der Waals surface area contributed by atoms with E-state index in [-0.39, 0.29) is 4.90 Å². The Labute approximate surface area is 120 Å². The summed E-state index contributed by atoms with van der Waals surface area (Å²) >= 11 is 0. The Morgan fingerprint density at radius 3 is 2.10 bits per heavy atom. The van der Waals surface area contributed by atoms with Gasteiger partial charge in [-0.05, 0) is 49.4 Å². The van der Waals surface area contributed by atoms with Crippen molar-refractivity contribution in [2.45, 2.75) is 31.6 Å². The molecule has 0 spiro atoms. The summed E-state index contributed by atoms with van der Waals surface area (Å²) in [6.45, 7) is 3.83. The van der Waals surface area contributed by atoms with Crippen LogP contribution in [0.25, 0.3) is 0 Å². The van der Waals surface area contributed by atoms with Crippen molar-refractivity contribution in [3.05, 3.63) is 64.7 Å². The minimum Gasteiger partial charge on any atom is -0.282 e. The topological polar surface area (TPSA) is 54.4 Å². The van der Waals surface area contributed by atoms with E-state index in [9.17, 15) is 13.0 Å². The molecule has 0 atom stereocenters. The van der Waals surface area contributed by atoms with Crippen molar-refractivity contribution in [3.8, 4) is 0 Å². The maximum absolute atomic E-state index is 11.4. The molecule has 0 saturated carbocycles. The molecule has 0 saturated heterocycles. The molecule has 1 N–H and O–H groups in total. The molecular formula is C16H18O3S. The molecule has 2 aromatic rings. The zero-order chi connectivity index (χ0) is 14.8. The third kappa shape index (κ3) is 3.68. The summed E-state index contributed by atoms with van der Waals surface area (Å²) in [4.78, 5) is 0.0182. The first kappa shape index (κ1) is 14.8. The Hall–Kier alpha value is -1.65. The lowest BCUT2D eigenvalue weighted by Crippen LogP contribution is -2.05. The second-order valence-electron chi connectivity index (χ2n) is 5.07. The van der Waals surface area contributed by atoms with Crippen molar-refractivity contribution in [3.63, 3.8) is 0 Å². The fourth-order valence-corrected chi connectivity index (χ4v) is 2.98. The molecule has 0 radical (unpaired) electrons. The monoisotopic (exact) mass is 290 g/mol. The highest BCUT2D eigenvalue weighted by atomic mass is 32.2. The van der Waals surface area contributed by atoms with Gasteiger partial charge in [0.15, 0.2) is 0 Å². The lowest BCUT2D eigenvalue weighted by atomic mass is 10.0. The van der Waals surface area contributed by atoms with Gasteiger partial charge in [0.05, 0.1) is 4.90 Å². The van der Waals surface area contributed by atoms with Crippen LogP contribution in [0.3, 0.4) is 0 Å². The van der Waals surface area contributed by atoms with Crippen molar-refractivity contribution in [2.75, 3.05) is 0 Å². The number of hydrogen-bond acceptors (Lipinski definition) is 2. The van der Waals surface area contributed by atoms with E-state index < -0.39 is 10.1 Å². The molecule has 2 rings (SSSR count). The number of aryl methyl sites for hydroxylation is 4. The Morgan fingerprint density at radius 1 is 0.900 bits per heavy atom. The minimum atomic E-state index is -4.17. The zero-order valence-corrected chi connectivity index (χ0v) is 12.4. The van der Waals surface area contributed by atoms with Gasteiger partial charge in [0.1, 0.15) is 0 Å². The van der Waals surface area contributed by atoms with Gasteiger partial charge in [-0.1, -0.05) is 42.0 Å². The standard InChI is InChI=1S/C16H18O3S/c1-12-3-6-14(7-4-12)8-10-15-9-5-13(2)11-16(15)20(17,18)19/h3-7,9,11H,8,10H2,1-2H3,(H,17,18,19). The van der Waals surface area contributed by atoms with Crippen molar-refractivity contribution in [1.29, 1.82) is 0 Å². The van der Waals surface area contributed by atoms with Crippen LogP contribution in [0.2, 0.25) is 0 Å². The highest BCUT2D eigenvalue weighted by Crippen LogP contribution is 2.19. The summed E-state index contributed by atoms with van der Waals surface area (Å²) in [6, 6.07) is 13.3. The van der Waals surface area contributed by atoms with Gasteiger partial charge in [0.25, 0.3) is 10.1 Å². The predicted molar refractivity (Wildman–Crippen MR) is 79.6 cm³/mol. The molecule has 0 heterocycles. The molecule has 0 fully saturated rings. The van der Waals surface area contributed by atoms with E-state index in [0.717, 1.165) is 17.5 Å². The largest absolute Gasteiger partial charge is 0.294 e. The van der Waals surface area contributed by atoms with E-state index in [1.165, 1.54) is 11.6 Å². The van der Waals surface area contributed by atoms with E-state index in [1.807, 2.05) is 37.3 Å². The number of hydrogen-bond donors (Lipinski definition) is 1. The Kier molecular flexibility index (Phi) is 4.26. The number of benzene rings is 2. The van der Waals surface area contributed by atoms with Crippen molar-refractivity contribution >= 4 is 10.1 Å². The molecule has 2 aromatic carbocycles. The van der Waals surface area contributed by atoms with Gasteiger partial charge in [0.2, 0.25) is 0 Å². The SMILES string of the molecule is Cc1ccc(CCc2ccc(C)cc2S(=O)(=O)O)cc1. The summed E-state index contributed by atoms with van der Waals surface area (Å²) in [5.41, 5.74) is 3.82. The van der Waals surface area contributed by atoms with Gasteiger partial charge in [-0.2, -0.15) is 8.42 Å². The van der Waals surface area contributed by atoms with Gasteiger partial charge in [-0.3, -0.25) is 4.55 Å². The van der Waals surface area contributed by atoms with Crippen LogP contribution in [0.4, 0.5) is 0 Å². The second-order valence-corrected chi connectivity index (χ2v) is 6.46. The zero-order valence-electron chi connectivity index (χ0n) is 11.6. The fraction of sp³-hybridized carbons (Fsp3) is 0.250. The van der Waals surface area contributed by atoms with Crippen LogP contribution in [0.15, 0.2) is 47.4 Å². The summed E-state index contributed by atoms with van der Waals surface area (Å²) < 4.78 is 32.1. The van der Waals surface area contributed by atoms with E-state index in [0.29, 0.717) is 12.0 Å². The minimum absolute atomic E-state index is 0.0182. The van der Waals surface area contributed by atoms with Crippen LogP contribution >= 0.6 is 0 Å². The predicted octanol–water partition coefficient (Wildman–Crippen LogP) is 3.34. The van der Waals surface area contributed by atoms with Crippen LogP contribution in [0.1, 0.15) is 22.3 Å². The second kappa shape index (κ2) is 5.77. The van der Waals surface area contributed by atoms with Gasteiger partial charge in [-0.25, -0.2) is 0 Å². The molecule has 3 nitrogen and oxygen atoms in total. The van der Waals surface area contributed by atoms with Crippen LogP contribution in [0.5, 0.6) is 0 Å². The fourth-order valence-electron chi connectivity index (χ4n) is 2.14. The maximum atomic E-state index is 11.4. The molecule has 20 heavy (non-hydrogen) atoms. The van der Waals surface area contributed by atoms with Crippen molar-refractivity contribution in [2.24, 2.45) is 0 Å². The molecule has 0 aliphatic carbocycles. The quantitative estimate of drug-likeness (QED) is 0.879. The molecule has 0 amide bonds. The first-order valence-corrected chi connectivity index (χ1v) is 7.93. The van der Waals surface area contributed by atoms with E-state index in [4.69, 9.17) is 0 Å². The summed E-state index contributed by atoms with van der Waals surface area (Å²) in [5, 5.41) is 0. The van der Waals surface area contributed by atoms with Crippen LogP contribution in [-0.4, -0.2) is 13.0 Å². The van der Waals surface area contributed by atoms with Gasteiger partial charge in [-0.15, -0.1) is 0 Å². The molecule has 0 unspecified atom stereocenters. The summed E-state index contributed by atoms with van der Waals surface area (Å²) in [6.07, 6.45) is 1.32. The summed E-state index contributed by atoms with van der Waals surface area (Å²) in [5.74, 6) is 0. The number of rotatable bonds is 4. The van der Waals surface area contributed by atoms with Crippen LogP contribution in [-0.2, 0) is 23.0 Å². The normalized spacial score (nSPS) is 11.6. The first-order valence-electron chi connectivity index (χ1n) is 6.49. The molecule has 0 aliphatic heterocycles. The van der Waals surface area contributed by atoms with Gasteiger partial charge >= 0.3 is 0 Å². The Morgan fingerprint density at radius 2 is 1.50 bits per heavy atom. The lowest BCUT2D eigenvalue weighted by Gasteiger charge is -2.08. The maximum Gasteiger partial charge on any atom is 0.294 e. The molecular weight excluding hydrogens is 272 g/mol. The van der Waals surface area contributed by atoms with Crippen LogP contribution in [0, 0.1) is 13.8 Å². The average Bonchev–Trinajstić information content (AvgIpc) is 2.38. The smallest absolute Gasteiger partial charge is 0.282 e. The third-order valence-electron chi connectivity index (χ3n) is 3.30. The Bertz CT molecular complexity index is 701. The first-order chi connectivity index (χ1) is 9.36. The molecule has 0 aromatic heterocycles.